The van der Waals surface area contributed by atoms with Crippen molar-refractivity contribution in [1.29, 1.82) is 5.26 Å². The van der Waals surface area contributed by atoms with Crippen LogP contribution in [-0.2, 0) is 9.53 Å². The highest BCUT2D eigenvalue weighted by Gasteiger charge is 2.50. The van der Waals surface area contributed by atoms with E-state index in [0.717, 1.165) is 11.1 Å². The van der Waals surface area contributed by atoms with Crippen LogP contribution in [0.4, 0.5) is 5.69 Å². The van der Waals surface area contributed by atoms with Crippen molar-refractivity contribution < 1.29 is 19.4 Å². The average Bonchev–Trinajstić information content (AvgIpc) is 3.16. The number of nitriles is 1. The Hall–Kier alpha value is -4.50. The van der Waals surface area contributed by atoms with E-state index in [4.69, 9.17) is 9.47 Å². The number of benzene rings is 3. The quantitative estimate of drug-likeness (QED) is 0.612. The van der Waals surface area contributed by atoms with Crippen LogP contribution in [-0.4, -0.2) is 18.1 Å². The molecule has 1 N–H and O–H groups in total. The lowest BCUT2D eigenvalue weighted by atomic mass is 9.79. The normalized spacial score (nSPS) is 19.8. The summed E-state index contributed by atoms with van der Waals surface area (Å²) in [6.45, 7) is 0. The van der Waals surface area contributed by atoms with Gasteiger partial charge in [0.1, 0.15) is 17.4 Å². The number of hydrogen-bond donors (Lipinski definition) is 1. The molecule has 0 spiro atoms. The number of carbonyl (C=O) groups excluding carboxylic acids is 1. The van der Waals surface area contributed by atoms with Crippen molar-refractivity contribution >= 4 is 11.6 Å². The molecule has 1 amide bonds. The van der Waals surface area contributed by atoms with Crippen LogP contribution in [0.25, 0.3) is 0 Å². The highest BCUT2D eigenvalue weighted by molar-refractivity contribution is 6.09. The molecule has 0 fully saturated rings. The summed E-state index contributed by atoms with van der Waals surface area (Å²) in [4.78, 5) is 15.3. The van der Waals surface area contributed by atoms with Gasteiger partial charge >= 0.3 is 0 Å². The van der Waals surface area contributed by atoms with Gasteiger partial charge < -0.3 is 14.6 Å². The smallest absolute Gasteiger partial charge is 0.297 e. The number of aliphatic hydroxyl groups is 1. The van der Waals surface area contributed by atoms with Gasteiger partial charge in [-0.3, -0.25) is 9.69 Å². The summed E-state index contributed by atoms with van der Waals surface area (Å²) in [5.41, 5.74) is 3.00. The van der Waals surface area contributed by atoms with Gasteiger partial charge in [-0.1, -0.05) is 60.7 Å². The van der Waals surface area contributed by atoms with Crippen molar-refractivity contribution in [2.45, 2.75) is 12.0 Å². The Balaban J connectivity index is 1.74. The zero-order chi connectivity index (χ0) is 22.9. The number of rotatable bonds is 4. The Morgan fingerprint density at radius 2 is 1.58 bits per heavy atom. The summed E-state index contributed by atoms with van der Waals surface area (Å²) < 4.78 is 10.9. The summed E-state index contributed by atoms with van der Waals surface area (Å²) in [6, 6.07) is 27.7. The third-order valence-corrected chi connectivity index (χ3v) is 5.98. The lowest BCUT2D eigenvalue weighted by Crippen LogP contribution is -2.30. The van der Waals surface area contributed by atoms with Crippen LogP contribution in [0.15, 0.2) is 108 Å². The molecule has 2 aliphatic rings. The molecule has 6 heteroatoms. The number of para-hydroxylation sites is 1. The van der Waals surface area contributed by atoms with Crippen LogP contribution >= 0.6 is 0 Å². The van der Waals surface area contributed by atoms with E-state index in [1.54, 1.807) is 12.0 Å². The minimum Gasteiger partial charge on any atom is -0.497 e. The first-order valence-corrected chi connectivity index (χ1v) is 10.5. The maximum Gasteiger partial charge on any atom is 0.297 e. The van der Waals surface area contributed by atoms with Gasteiger partial charge in [0.05, 0.1) is 19.1 Å². The van der Waals surface area contributed by atoms with Crippen molar-refractivity contribution in [2.24, 2.45) is 0 Å². The lowest BCUT2D eigenvalue weighted by molar-refractivity contribution is -0.118. The molecule has 6 nitrogen and oxygen atoms in total. The van der Waals surface area contributed by atoms with Gasteiger partial charge in [-0.15, -0.1) is 0 Å². The van der Waals surface area contributed by atoms with Crippen molar-refractivity contribution in [2.75, 3.05) is 12.0 Å². The van der Waals surface area contributed by atoms with Crippen LogP contribution < -0.4 is 9.64 Å². The van der Waals surface area contributed by atoms with Crippen LogP contribution in [0, 0.1) is 11.3 Å². The molecule has 3 aromatic carbocycles. The molecule has 2 atom stereocenters. The summed E-state index contributed by atoms with van der Waals surface area (Å²) in [6.07, 6.45) is 0. The fraction of sp³-hybridized carbons (Fsp3) is 0.111. The topological polar surface area (TPSA) is 82.8 Å². The Morgan fingerprint density at radius 3 is 2.18 bits per heavy atom. The molecular formula is C27H20N2O4. The highest BCUT2D eigenvalue weighted by Crippen LogP contribution is 2.52. The fourth-order valence-electron chi connectivity index (χ4n) is 4.51. The fourth-order valence-corrected chi connectivity index (χ4v) is 4.51. The van der Waals surface area contributed by atoms with Gasteiger partial charge in [0.25, 0.3) is 11.9 Å². The molecule has 33 heavy (non-hydrogen) atoms. The molecule has 3 aromatic rings. The predicted octanol–water partition coefficient (Wildman–Crippen LogP) is 5.14. The maximum absolute atomic E-state index is 13.7. The number of allylic oxidation sites excluding steroid dienone is 1. The lowest BCUT2D eigenvalue weighted by Gasteiger charge is -2.31. The van der Waals surface area contributed by atoms with Crippen molar-refractivity contribution in [1.82, 2.24) is 0 Å². The second kappa shape index (κ2) is 8.21. The molecule has 0 aromatic heterocycles. The second-order valence-electron chi connectivity index (χ2n) is 7.75. The number of carbonyl (C=O) groups is 1. The van der Waals surface area contributed by atoms with Crippen LogP contribution in [0.5, 0.6) is 5.75 Å². The van der Waals surface area contributed by atoms with E-state index < -0.39 is 17.9 Å². The van der Waals surface area contributed by atoms with E-state index in [1.165, 1.54) is 0 Å². The molecule has 2 aliphatic heterocycles. The third kappa shape index (κ3) is 3.31. The zero-order valence-corrected chi connectivity index (χ0v) is 17.8. The summed E-state index contributed by atoms with van der Waals surface area (Å²) in [5, 5.41) is 20.5. The van der Waals surface area contributed by atoms with Crippen molar-refractivity contribution in [3.05, 3.63) is 119 Å². The summed E-state index contributed by atoms with van der Waals surface area (Å²) in [7, 11) is 1.60. The SMILES string of the molecule is COc1ccc(C2C3=C(OC(O)=C(C#N)C3c3ccccc3)C(=O)N2c2ccccc2)cc1. The van der Waals surface area contributed by atoms with Gasteiger partial charge in [-0.25, -0.2) is 0 Å². The van der Waals surface area contributed by atoms with Gasteiger partial charge in [-0.2, -0.15) is 5.26 Å². The zero-order valence-electron chi connectivity index (χ0n) is 17.8. The van der Waals surface area contributed by atoms with E-state index in [1.807, 2.05) is 84.9 Å². The molecule has 162 valence electrons. The highest BCUT2D eigenvalue weighted by atomic mass is 16.6. The van der Waals surface area contributed by atoms with Crippen LogP contribution in [0.3, 0.4) is 0 Å². The first kappa shape index (κ1) is 20.4. The molecule has 0 saturated carbocycles. The molecule has 5 rings (SSSR count). The average molecular weight is 436 g/mol. The van der Waals surface area contributed by atoms with Gasteiger partial charge in [0.15, 0.2) is 5.76 Å². The van der Waals surface area contributed by atoms with Crippen LogP contribution in [0.1, 0.15) is 23.1 Å². The Morgan fingerprint density at radius 1 is 0.939 bits per heavy atom. The molecule has 0 radical (unpaired) electrons. The van der Waals surface area contributed by atoms with E-state index in [0.29, 0.717) is 17.0 Å². The number of amides is 1. The van der Waals surface area contributed by atoms with E-state index in [-0.39, 0.29) is 17.2 Å². The van der Waals surface area contributed by atoms with E-state index >= 15 is 0 Å². The molecule has 0 bridgehead atoms. The van der Waals surface area contributed by atoms with Crippen LogP contribution in [0.2, 0.25) is 0 Å². The van der Waals surface area contributed by atoms with Gasteiger partial charge in [0.2, 0.25) is 0 Å². The van der Waals surface area contributed by atoms with Crippen molar-refractivity contribution in [3.8, 4) is 11.8 Å². The molecule has 0 aliphatic carbocycles. The number of hydrogen-bond acceptors (Lipinski definition) is 5. The third-order valence-electron chi connectivity index (χ3n) is 5.98. The molecule has 0 saturated heterocycles. The number of aliphatic hydroxyl groups excluding tert-OH is 1. The predicted molar refractivity (Wildman–Crippen MR) is 122 cm³/mol. The Labute approximate surface area is 191 Å². The van der Waals surface area contributed by atoms with E-state index in [2.05, 4.69) is 6.07 Å². The Kier molecular flexibility index (Phi) is 5.08. The largest absolute Gasteiger partial charge is 0.497 e. The molecule has 2 heterocycles. The molecule has 2 unspecified atom stereocenters. The first-order valence-electron chi connectivity index (χ1n) is 10.5. The maximum atomic E-state index is 13.7. The number of anilines is 1. The Bertz CT molecular complexity index is 1310. The van der Waals surface area contributed by atoms with Gasteiger partial charge in [-0.05, 0) is 35.4 Å². The van der Waals surface area contributed by atoms with Gasteiger partial charge in [0, 0.05) is 11.3 Å². The summed E-state index contributed by atoms with van der Waals surface area (Å²) in [5.74, 6) is -0.809. The minimum absolute atomic E-state index is 0.0463. The van der Waals surface area contributed by atoms with E-state index in [9.17, 15) is 15.2 Å². The monoisotopic (exact) mass is 436 g/mol. The number of methoxy groups -OCH3 is 1. The number of nitrogens with zero attached hydrogens (tertiary/aromatic N) is 2. The molecular weight excluding hydrogens is 416 g/mol. The standard InChI is InChI=1S/C27H20N2O4/c1-32-20-14-12-18(13-15-20)24-23-22(17-8-4-2-5-9-17)21(16-28)27(31)33-25(23)26(30)29(24)19-10-6-3-7-11-19/h2-15,22,24,31H,1H3. The second-order valence-corrected chi connectivity index (χ2v) is 7.75. The minimum atomic E-state index is -0.635. The van der Waals surface area contributed by atoms with Crippen molar-refractivity contribution in [3.63, 3.8) is 0 Å². The first-order chi connectivity index (χ1) is 16.1. The number of ether oxygens (including phenoxy) is 2. The summed E-state index contributed by atoms with van der Waals surface area (Å²) >= 11 is 0.